The summed E-state index contributed by atoms with van der Waals surface area (Å²) in [5.74, 6) is -0.140. The minimum Gasteiger partial charge on any atom is -0.459 e. The molecule has 6 nitrogen and oxygen atoms in total. The van der Waals surface area contributed by atoms with Crippen LogP contribution in [-0.4, -0.2) is 65.8 Å². The van der Waals surface area contributed by atoms with Crippen LogP contribution in [0.4, 0.5) is 13.2 Å². The number of likely N-dealkylation sites (N-methyl/N-ethyl adjacent to an activating group) is 1. The Hall–Kier alpha value is -2.81. The normalized spacial score (nSPS) is 16.1. The van der Waals surface area contributed by atoms with Gasteiger partial charge in [-0.15, -0.1) is 0 Å². The monoisotopic (exact) mass is 423 g/mol. The lowest BCUT2D eigenvalue weighted by molar-refractivity contribution is -0.139. The molecule has 0 radical (unpaired) electrons. The smallest absolute Gasteiger partial charge is 0.416 e. The van der Waals surface area contributed by atoms with E-state index in [0.29, 0.717) is 26.2 Å². The van der Waals surface area contributed by atoms with E-state index in [-0.39, 0.29) is 29.7 Å². The first-order valence-corrected chi connectivity index (χ1v) is 9.65. The van der Waals surface area contributed by atoms with E-state index in [9.17, 15) is 22.8 Å². The van der Waals surface area contributed by atoms with Crippen LogP contribution >= 0.6 is 0 Å². The molecule has 1 fully saturated rings. The van der Waals surface area contributed by atoms with Gasteiger partial charge in [0.05, 0.1) is 17.9 Å². The lowest BCUT2D eigenvalue weighted by Crippen LogP contribution is -2.54. The van der Waals surface area contributed by atoms with Crippen LogP contribution in [0, 0.1) is 0 Å². The van der Waals surface area contributed by atoms with E-state index < -0.39 is 17.8 Å². The minimum atomic E-state index is -4.44. The first-order valence-electron chi connectivity index (χ1n) is 9.65. The van der Waals surface area contributed by atoms with Crippen molar-refractivity contribution in [1.82, 2.24) is 14.7 Å². The molecule has 9 heteroatoms. The topological polar surface area (TPSA) is 57.0 Å². The Morgan fingerprint density at radius 1 is 1.07 bits per heavy atom. The van der Waals surface area contributed by atoms with Gasteiger partial charge in [0.2, 0.25) is 5.91 Å². The summed E-state index contributed by atoms with van der Waals surface area (Å²) in [5.41, 5.74) is -0.567. The number of benzene rings is 1. The zero-order valence-electron chi connectivity index (χ0n) is 16.9. The molecule has 2 aromatic rings. The second-order valence-electron chi connectivity index (χ2n) is 7.34. The Bertz CT molecular complexity index is 875. The maximum atomic E-state index is 13.2. The van der Waals surface area contributed by atoms with Gasteiger partial charge in [-0.2, -0.15) is 13.2 Å². The Morgan fingerprint density at radius 2 is 1.70 bits per heavy atom. The molecular weight excluding hydrogens is 399 g/mol. The molecule has 1 aliphatic heterocycles. The molecule has 1 saturated heterocycles. The van der Waals surface area contributed by atoms with Gasteiger partial charge < -0.3 is 14.2 Å². The lowest BCUT2D eigenvalue weighted by Gasteiger charge is -2.37. The fourth-order valence-electron chi connectivity index (χ4n) is 3.48. The summed E-state index contributed by atoms with van der Waals surface area (Å²) in [6, 6.07) is 8.01. The first-order chi connectivity index (χ1) is 14.2. The second kappa shape index (κ2) is 8.91. The van der Waals surface area contributed by atoms with Crippen molar-refractivity contribution < 1.29 is 27.2 Å². The Kier molecular flexibility index (Phi) is 6.50. The van der Waals surface area contributed by atoms with Crippen LogP contribution in [0.3, 0.4) is 0 Å². The van der Waals surface area contributed by atoms with Gasteiger partial charge in [-0.25, -0.2) is 0 Å². The maximum Gasteiger partial charge on any atom is 0.416 e. The van der Waals surface area contributed by atoms with Gasteiger partial charge in [-0.05, 0) is 37.7 Å². The number of nitrogens with zero attached hydrogens (tertiary/aromatic N) is 3. The van der Waals surface area contributed by atoms with Crippen LogP contribution < -0.4 is 0 Å². The molecule has 0 spiro atoms. The van der Waals surface area contributed by atoms with E-state index in [0.717, 1.165) is 6.07 Å². The van der Waals surface area contributed by atoms with Crippen molar-refractivity contribution in [1.29, 1.82) is 0 Å². The molecule has 0 saturated carbocycles. The van der Waals surface area contributed by atoms with Crippen LogP contribution in [0.15, 0.2) is 47.1 Å². The third-order valence-corrected chi connectivity index (χ3v) is 5.37. The second-order valence-corrected chi connectivity index (χ2v) is 7.34. The van der Waals surface area contributed by atoms with Gasteiger partial charge in [0.1, 0.15) is 0 Å². The minimum absolute atomic E-state index is 0.000462. The van der Waals surface area contributed by atoms with Gasteiger partial charge in [-0.1, -0.05) is 18.2 Å². The molecule has 1 atom stereocenters. The molecule has 0 aliphatic carbocycles. The summed E-state index contributed by atoms with van der Waals surface area (Å²) < 4.78 is 44.8. The van der Waals surface area contributed by atoms with Crippen molar-refractivity contribution >= 4 is 11.8 Å². The average molecular weight is 423 g/mol. The van der Waals surface area contributed by atoms with Gasteiger partial charge in [0.15, 0.2) is 5.76 Å². The number of rotatable bonds is 5. The third kappa shape index (κ3) is 4.84. The number of halogens is 3. The highest BCUT2D eigenvalue weighted by molar-refractivity contribution is 5.91. The van der Waals surface area contributed by atoms with Crippen LogP contribution in [0.2, 0.25) is 0 Å². The number of amides is 2. The molecule has 0 N–H and O–H groups in total. The van der Waals surface area contributed by atoms with E-state index in [1.807, 2.05) is 0 Å². The summed E-state index contributed by atoms with van der Waals surface area (Å²) in [4.78, 5) is 30.0. The quantitative estimate of drug-likeness (QED) is 0.742. The molecule has 30 heavy (non-hydrogen) atoms. The predicted molar refractivity (Wildman–Crippen MR) is 104 cm³/mol. The molecule has 1 aliphatic rings. The lowest BCUT2D eigenvalue weighted by atomic mass is 10.1. The van der Waals surface area contributed by atoms with E-state index in [4.69, 9.17) is 4.42 Å². The number of furan rings is 1. The number of hydrogen-bond donors (Lipinski definition) is 0. The van der Waals surface area contributed by atoms with E-state index in [1.54, 1.807) is 46.9 Å². The summed E-state index contributed by atoms with van der Waals surface area (Å²) >= 11 is 0. The summed E-state index contributed by atoms with van der Waals surface area (Å²) in [6.45, 7) is 3.15. The van der Waals surface area contributed by atoms with Crippen molar-refractivity contribution in [2.24, 2.45) is 0 Å². The van der Waals surface area contributed by atoms with Crippen molar-refractivity contribution in [3.63, 3.8) is 0 Å². The van der Waals surface area contributed by atoms with Crippen molar-refractivity contribution in [2.45, 2.75) is 25.7 Å². The SMILES string of the molecule is CC(C(=O)N1CCN(C(=O)c2ccco2)CC1)N(C)Cc1ccccc1C(F)(F)F. The largest absolute Gasteiger partial charge is 0.459 e. The van der Waals surface area contributed by atoms with Crippen LogP contribution in [0.25, 0.3) is 0 Å². The fourth-order valence-corrected chi connectivity index (χ4v) is 3.48. The first kappa shape index (κ1) is 21.9. The van der Waals surface area contributed by atoms with E-state index >= 15 is 0 Å². The zero-order chi connectivity index (χ0) is 21.9. The van der Waals surface area contributed by atoms with Crippen LogP contribution in [0.1, 0.15) is 28.6 Å². The summed E-state index contributed by atoms with van der Waals surface area (Å²) in [6.07, 6.45) is -3.01. The number of carbonyl (C=O) groups is 2. The zero-order valence-corrected chi connectivity index (χ0v) is 16.9. The average Bonchev–Trinajstić information content (AvgIpc) is 3.26. The van der Waals surface area contributed by atoms with Crippen molar-refractivity contribution in [2.75, 3.05) is 33.2 Å². The standard InChI is InChI=1S/C21H24F3N3O3/c1-15(25(2)14-16-6-3-4-7-17(16)21(22,23)24)19(28)26-9-11-27(12-10-26)20(29)18-8-5-13-30-18/h3-8,13,15H,9-12,14H2,1-2H3. The Labute approximate surface area is 172 Å². The molecule has 162 valence electrons. The van der Waals surface area contributed by atoms with Crippen LogP contribution in [-0.2, 0) is 17.5 Å². The Morgan fingerprint density at radius 3 is 2.30 bits per heavy atom. The molecule has 1 aromatic carbocycles. The number of alkyl halides is 3. The van der Waals surface area contributed by atoms with E-state index in [1.165, 1.54) is 18.4 Å². The van der Waals surface area contributed by atoms with E-state index in [2.05, 4.69) is 0 Å². The molecule has 1 unspecified atom stereocenters. The van der Waals surface area contributed by atoms with Gasteiger partial charge in [0, 0.05) is 32.7 Å². The fraction of sp³-hybridized carbons (Fsp3) is 0.429. The molecule has 2 heterocycles. The highest BCUT2D eigenvalue weighted by Gasteiger charge is 2.34. The third-order valence-electron chi connectivity index (χ3n) is 5.37. The number of hydrogen-bond acceptors (Lipinski definition) is 4. The summed E-state index contributed by atoms with van der Waals surface area (Å²) in [5, 5.41) is 0. The molecule has 1 aromatic heterocycles. The molecule has 0 bridgehead atoms. The highest BCUT2D eigenvalue weighted by Crippen LogP contribution is 2.32. The van der Waals surface area contributed by atoms with Crippen LogP contribution in [0.5, 0.6) is 0 Å². The molecule has 3 rings (SSSR count). The molecular formula is C21H24F3N3O3. The number of piperazine rings is 1. The van der Waals surface area contributed by atoms with Crippen molar-refractivity contribution in [3.8, 4) is 0 Å². The highest BCUT2D eigenvalue weighted by atomic mass is 19.4. The Balaban J connectivity index is 1.58. The number of carbonyl (C=O) groups excluding carboxylic acids is 2. The predicted octanol–water partition coefficient (Wildman–Crippen LogP) is 3.10. The molecule has 2 amide bonds. The van der Waals surface area contributed by atoms with Crippen molar-refractivity contribution in [3.05, 3.63) is 59.5 Å². The van der Waals surface area contributed by atoms with Gasteiger partial charge in [0.25, 0.3) is 5.91 Å². The van der Waals surface area contributed by atoms with Gasteiger partial charge >= 0.3 is 6.18 Å². The maximum absolute atomic E-state index is 13.2. The van der Waals surface area contributed by atoms with Gasteiger partial charge in [-0.3, -0.25) is 14.5 Å². The summed E-state index contributed by atoms with van der Waals surface area (Å²) in [7, 11) is 1.63.